The first-order valence-electron chi connectivity index (χ1n) is 6.28. The molecule has 1 heterocycles. The highest BCUT2D eigenvalue weighted by Crippen LogP contribution is 2.38. The molecule has 2 rings (SSSR count). The largest absolute Gasteiger partial charge is 0.466 e. The smallest absolute Gasteiger partial charge is 0.204 e. The predicted octanol–water partition coefficient (Wildman–Crippen LogP) is 4.36. The van der Waals surface area contributed by atoms with Gasteiger partial charge in [-0.2, -0.15) is 0 Å². The number of halogens is 1. The number of allylic oxidation sites excluding steroid dienone is 1. The fourth-order valence-corrected chi connectivity index (χ4v) is 3.35. The third kappa shape index (κ3) is 2.37. The molecule has 0 saturated carbocycles. The van der Waals surface area contributed by atoms with E-state index in [0.717, 1.165) is 9.46 Å². The number of hydrogen-bond acceptors (Lipinski definition) is 2. The normalized spacial score (nSPS) is 23.3. The van der Waals surface area contributed by atoms with Crippen molar-refractivity contribution in [3.05, 3.63) is 44.4 Å². The molecule has 2 nitrogen and oxygen atoms in total. The molecule has 18 heavy (non-hydrogen) atoms. The Kier molecular flexibility index (Phi) is 3.63. The van der Waals surface area contributed by atoms with Crippen molar-refractivity contribution in [1.29, 1.82) is 0 Å². The van der Waals surface area contributed by atoms with Gasteiger partial charge in [0.15, 0.2) is 0 Å². The van der Waals surface area contributed by atoms with Gasteiger partial charge in [-0.25, -0.2) is 0 Å². The Hall–Kier alpha value is -0.710. The van der Waals surface area contributed by atoms with Crippen molar-refractivity contribution in [3.63, 3.8) is 0 Å². The van der Waals surface area contributed by atoms with Crippen molar-refractivity contribution in [2.24, 2.45) is 5.92 Å². The average Bonchev–Trinajstić information content (AvgIpc) is 2.59. The highest BCUT2D eigenvalue weighted by atomic mass is 127. The second kappa shape index (κ2) is 4.76. The highest BCUT2D eigenvalue weighted by molar-refractivity contribution is 14.1. The van der Waals surface area contributed by atoms with Gasteiger partial charge in [-0.15, -0.1) is 0 Å². The Labute approximate surface area is 123 Å². The fourth-order valence-electron chi connectivity index (χ4n) is 2.10. The van der Waals surface area contributed by atoms with Crippen molar-refractivity contribution in [1.82, 2.24) is 5.32 Å². The third-order valence-corrected chi connectivity index (χ3v) is 4.26. The Morgan fingerprint density at radius 2 is 1.89 bits per heavy atom. The zero-order chi connectivity index (χ0) is 13.5. The summed E-state index contributed by atoms with van der Waals surface area (Å²) in [6.45, 7) is 10.7. The molecule has 0 radical (unpaired) electrons. The zero-order valence-corrected chi connectivity index (χ0v) is 13.8. The molecule has 1 aliphatic rings. The van der Waals surface area contributed by atoms with Crippen molar-refractivity contribution in [2.75, 3.05) is 0 Å². The van der Waals surface area contributed by atoms with Crippen LogP contribution in [0.15, 0.2) is 27.7 Å². The molecule has 1 aromatic rings. The number of benzene rings is 1. The number of ether oxygens (including phenoxy) is 1. The van der Waals surface area contributed by atoms with Crippen LogP contribution in [0.5, 0.6) is 0 Å². The SMILES string of the molecule is Cc1ccc(C2(C)NC(I)=C(C(C)C)O2)cc1C. The molecule has 0 saturated heterocycles. The first kappa shape index (κ1) is 13.7. The molecular formula is C15H20INO. The van der Waals surface area contributed by atoms with Gasteiger partial charge in [-0.05, 0) is 60.6 Å². The second-order valence-electron chi connectivity index (χ2n) is 5.39. The van der Waals surface area contributed by atoms with E-state index < -0.39 is 5.72 Å². The van der Waals surface area contributed by atoms with Gasteiger partial charge in [0.05, 0.1) is 0 Å². The molecule has 1 atom stereocenters. The molecule has 1 unspecified atom stereocenters. The van der Waals surface area contributed by atoms with Crippen LogP contribution >= 0.6 is 22.6 Å². The first-order chi connectivity index (χ1) is 8.33. The molecular weight excluding hydrogens is 337 g/mol. The van der Waals surface area contributed by atoms with Gasteiger partial charge in [0.1, 0.15) is 9.46 Å². The van der Waals surface area contributed by atoms with Gasteiger partial charge >= 0.3 is 0 Å². The monoisotopic (exact) mass is 357 g/mol. The van der Waals surface area contributed by atoms with Crippen molar-refractivity contribution >= 4 is 22.6 Å². The summed E-state index contributed by atoms with van der Waals surface area (Å²) in [6, 6.07) is 6.50. The topological polar surface area (TPSA) is 21.3 Å². The Morgan fingerprint density at radius 3 is 2.39 bits per heavy atom. The lowest BCUT2D eigenvalue weighted by atomic mass is 9.99. The molecule has 1 aliphatic heterocycles. The minimum atomic E-state index is -0.436. The van der Waals surface area contributed by atoms with E-state index in [1.165, 1.54) is 16.7 Å². The van der Waals surface area contributed by atoms with E-state index in [-0.39, 0.29) is 0 Å². The van der Waals surface area contributed by atoms with Crippen LogP contribution in [0.25, 0.3) is 0 Å². The van der Waals surface area contributed by atoms with E-state index in [4.69, 9.17) is 4.74 Å². The van der Waals surface area contributed by atoms with E-state index in [1.54, 1.807) is 0 Å². The minimum absolute atomic E-state index is 0.401. The van der Waals surface area contributed by atoms with Crippen molar-refractivity contribution < 1.29 is 4.74 Å². The fraction of sp³-hybridized carbons (Fsp3) is 0.467. The van der Waals surface area contributed by atoms with Crippen LogP contribution < -0.4 is 5.32 Å². The maximum absolute atomic E-state index is 6.16. The Balaban J connectivity index is 2.33. The Bertz CT molecular complexity index is 507. The molecule has 0 bridgehead atoms. The van der Waals surface area contributed by atoms with Crippen LogP contribution in [0.1, 0.15) is 37.5 Å². The molecule has 98 valence electrons. The first-order valence-corrected chi connectivity index (χ1v) is 7.36. The molecule has 0 amide bonds. The van der Waals surface area contributed by atoms with Gasteiger partial charge in [-0.1, -0.05) is 26.0 Å². The summed E-state index contributed by atoms with van der Waals surface area (Å²) in [5.74, 6) is 1.45. The van der Waals surface area contributed by atoms with Crippen LogP contribution in [0.4, 0.5) is 0 Å². The summed E-state index contributed by atoms with van der Waals surface area (Å²) in [6.07, 6.45) is 0. The Morgan fingerprint density at radius 1 is 1.22 bits per heavy atom. The number of hydrogen-bond donors (Lipinski definition) is 1. The lowest BCUT2D eigenvalue weighted by Gasteiger charge is -2.27. The number of nitrogens with one attached hydrogen (secondary N) is 1. The summed E-state index contributed by atoms with van der Waals surface area (Å²) in [5.41, 5.74) is 3.35. The summed E-state index contributed by atoms with van der Waals surface area (Å²) < 4.78 is 7.28. The quantitative estimate of drug-likeness (QED) is 0.628. The lowest BCUT2D eigenvalue weighted by molar-refractivity contribution is 0.0106. The standard InChI is InChI=1S/C15H20INO/c1-9(2)13-14(16)17-15(5,18-13)12-7-6-10(3)11(4)8-12/h6-9,17H,1-5H3. The molecule has 0 fully saturated rings. The van der Waals surface area contributed by atoms with E-state index in [1.807, 2.05) is 0 Å². The van der Waals surface area contributed by atoms with Gasteiger partial charge in [-0.3, -0.25) is 0 Å². The average molecular weight is 357 g/mol. The van der Waals surface area contributed by atoms with Crippen molar-refractivity contribution in [3.8, 4) is 0 Å². The highest BCUT2D eigenvalue weighted by Gasteiger charge is 2.37. The summed E-state index contributed by atoms with van der Waals surface area (Å²) >= 11 is 2.32. The third-order valence-electron chi connectivity index (χ3n) is 3.46. The van der Waals surface area contributed by atoms with Gasteiger partial charge in [0.25, 0.3) is 0 Å². The molecule has 1 N–H and O–H groups in total. The van der Waals surface area contributed by atoms with Crippen LogP contribution in [0, 0.1) is 19.8 Å². The van der Waals surface area contributed by atoms with E-state index in [2.05, 4.69) is 80.7 Å². The lowest BCUT2D eigenvalue weighted by Crippen LogP contribution is -2.35. The van der Waals surface area contributed by atoms with E-state index in [0.29, 0.717) is 5.92 Å². The molecule has 1 aromatic carbocycles. The second-order valence-corrected chi connectivity index (χ2v) is 6.47. The summed E-state index contributed by atoms with van der Waals surface area (Å²) in [4.78, 5) is 0. The minimum Gasteiger partial charge on any atom is -0.466 e. The van der Waals surface area contributed by atoms with Gasteiger partial charge in [0.2, 0.25) is 5.72 Å². The van der Waals surface area contributed by atoms with Crippen molar-refractivity contribution in [2.45, 2.75) is 40.3 Å². The van der Waals surface area contributed by atoms with Crippen LogP contribution in [0.2, 0.25) is 0 Å². The van der Waals surface area contributed by atoms with Gasteiger partial charge in [0, 0.05) is 11.5 Å². The number of rotatable bonds is 2. The van der Waals surface area contributed by atoms with Crippen LogP contribution in [-0.2, 0) is 10.5 Å². The van der Waals surface area contributed by atoms with E-state index in [9.17, 15) is 0 Å². The predicted molar refractivity (Wildman–Crippen MR) is 83.4 cm³/mol. The zero-order valence-electron chi connectivity index (χ0n) is 11.6. The maximum Gasteiger partial charge on any atom is 0.204 e. The van der Waals surface area contributed by atoms with E-state index >= 15 is 0 Å². The molecule has 0 aliphatic carbocycles. The number of aryl methyl sites for hydroxylation is 2. The maximum atomic E-state index is 6.16. The molecule has 0 spiro atoms. The summed E-state index contributed by atoms with van der Waals surface area (Å²) in [7, 11) is 0. The van der Waals surface area contributed by atoms with Gasteiger partial charge < -0.3 is 10.1 Å². The van der Waals surface area contributed by atoms with Crippen LogP contribution in [0.3, 0.4) is 0 Å². The molecule has 0 aromatic heterocycles. The summed E-state index contributed by atoms with van der Waals surface area (Å²) in [5, 5.41) is 3.47. The molecule has 3 heteroatoms. The van der Waals surface area contributed by atoms with Crippen LogP contribution in [-0.4, -0.2) is 0 Å².